The van der Waals surface area contributed by atoms with E-state index in [4.69, 9.17) is 14.5 Å². The standard InChI is InChI=1S/C22H24BrN3O3/c1-28-14-20(27)29-18-10-7-15(8-11-18)21-22(24-17-5-3-2-4-6-17)26-13-16(23)9-12-19(26)25-21/h7-13,17,24H,2-6,14H2,1H3. The number of esters is 1. The van der Waals surface area contributed by atoms with Gasteiger partial charge in [-0.25, -0.2) is 9.78 Å². The second kappa shape index (κ2) is 8.97. The molecule has 4 rings (SSSR count). The predicted molar refractivity (Wildman–Crippen MR) is 116 cm³/mol. The molecular formula is C22H24BrN3O3. The number of nitrogens with one attached hydrogen (secondary N) is 1. The lowest BCUT2D eigenvalue weighted by molar-refractivity contribution is -0.138. The number of anilines is 1. The zero-order valence-electron chi connectivity index (χ0n) is 16.4. The minimum atomic E-state index is -0.419. The Balaban J connectivity index is 1.66. The maximum Gasteiger partial charge on any atom is 0.337 e. The van der Waals surface area contributed by atoms with Crippen LogP contribution in [0.1, 0.15) is 32.1 Å². The molecule has 2 aromatic heterocycles. The Hall–Kier alpha value is -2.38. The molecule has 0 saturated heterocycles. The van der Waals surface area contributed by atoms with E-state index in [1.165, 1.54) is 39.2 Å². The third-order valence-corrected chi connectivity index (χ3v) is 5.62. The Labute approximate surface area is 178 Å². The molecular weight excluding hydrogens is 434 g/mol. The van der Waals surface area contributed by atoms with Gasteiger partial charge in [0.1, 0.15) is 29.5 Å². The Morgan fingerprint density at radius 3 is 2.66 bits per heavy atom. The highest BCUT2D eigenvalue weighted by molar-refractivity contribution is 9.10. The number of carbonyl (C=O) groups excluding carboxylic acids is 1. The van der Waals surface area contributed by atoms with Crippen molar-refractivity contribution in [1.82, 2.24) is 9.38 Å². The van der Waals surface area contributed by atoms with E-state index in [1.807, 2.05) is 30.5 Å². The number of rotatable bonds is 6. The summed E-state index contributed by atoms with van der Waals surface area (Å²) in [7, 11) is 1.47. The lowest BCUT2D eigenvalue weighted by atomic mass is 9.95. The van der Waals surface area contributed by atoms with Crippen molar-refractivity contribution in [2.45, 2.75) is 38.1 Å². The zero-order valence-corrected chi connectivity index (χ0v) is 17.9. The van der Waals surface area contributed by atoms with Crippen molar-refractivity contribution in [3.8, 4) is 17.0 Å². The summed E-state index contributed by atoms with van der Waals surface area (Å²) in [5.74, 6) is 1.07. The highest BCUT2D eigenvalue weighted by atomic mass is 79.9. The molecule has 0 atom stereocenters. The van der Waals surface area contributed by atoms with Crippen LogP contribution in [0.2, 0.25) is 0 Å². The maximum atomic E-state index is 11.6. The van der Waals surface area contributed by atoms with E-state index in [1.54, 1.807) is 12.1 Å². The van der Waals surface area contributed by atoms with Crippen LogP contribution in [-0.4, -0.2) is 35.1 Å². The highest BCUT2D eigenvalue weighted by Crippen LogP contribution is 2.33. The van der Waals surface area contributed by atoms with E-state index in [9.17, 15) is 4.79 Å². The van der Waals surface area contributed by atoms with Crippen LogP contribution >= 0.6 is 15.9 Å². The van der Waals surface area contributed by atoms with Crippen molar-refractivity contribution in [2.24, 2.45) is 0 Å². The van der Waals surface area contributed by atoms with Crippen molar-refractivity contribution < 1.29 is 14.3 Å². The number of benzene rings is 1. The first-order chi connectivity index (χ1) is 14.1. The monoisotopic (exact) mass is 457 g/mol. The van der Waals surface area contributed by atoms with E-state index >= 15 is 0 Å². The van der Waals surface area contributed by atoms with Crippen molar-refractivity contribution >= 4 is 33.4 Å². The lowest BCUT2D eigenvalue weighted by Crippen LogP contribution is -2.23. The first-order valence-electron chi connectivity index (χ1n) is 9.88. The van der Waals surface area contributed by atoms with Crippen LogP contribution in [0.4, 0.5) is 5.82 Å². The van der Waals surface area contributed by atoms with Gasteiger partial charge in [-0.15, -0.1) is 0 Å². The first-order valence-corrected chi connectivity index (χ1v) is 10.7. The Morgan fingerprint density at radius 2 is 1.93 bits per heavy atom. The summed E-state index contributed by atoms with van der Waals surface area (Å²) in [6.45, 7) is -0.0709. The van der Waals surface area contributed by atoms with Gasteiger partial charge in [0.05, 0.1) is 0 Å². The molecule has 0 aliphatic heterocycles. The lowest BCUT2D eigenvalue weighted by Gasteiger charge is -2.24. The van der Waals surface area contributed by atoms with Gasteiger partial charge >= 0.3 is 5.97 Å². The summed E-state index contributed by atoms with van der Waals surface area (Å²) >= 11 is 3.57. The molecule has 0 radical (unpaired) electrons. The van der Waals surface area contributed by atoms with E-state index in [2.05, 4.69) is 25.6 Å². The Kier molecular flexibility index (Phi) is 6.16. The summed E-state index contributed by atoms with van der Waals surface area (Å²) in [5, 5.41) is 3.74. The number of aromatic nitrogens is 2. The van der Waals surface area contributed by atoms with Crippen LogP contribution < -0.4 is 10.1 Å². The molecule has 2 heterocycles. The van der Waals surface area contributed by atoms with Gasteiger partial charge < -0.3 is 14.8 Å². The van der Waals surface area contributed by atoms with Gasteiger partial charge in [0.25, 0.3) is 0 Å². The quantitative estimate of drug-likeness (QED) is 0.413. The number of fused-ring (bicyclic) bond motifs is 1. The molecule has 0 unspecified atom stereocenters. The van der Waals surface area contributed by atoms with Crippen molar-refractivity contribution in [1.29, 1.82) is 0 Å². The second-order valence-corrected chi connectivity index (χ2v) is 8.21. The summed E-state index contributed by atoms with van der Waals surface area (Å²) in [5.41, 5.74) is 2.75. The minimum Gasteiger partial charge on any atom is -0.425 e. The number of nitrogens with zero attached hydrogens (tertiary/aromatic N) is 2. The molecule has 0 spiro atoms. The highest BCUT2D eigenvalue weighted by Gasteiger charge is 2.20. The van der Waals surface area contributed by atoms with Gasteiger partial charge in [0.15, 0.2) is 0 Å². The molecule has 1 aliphatic rings. The summed E-state index contributed by atoms with van der Waals surface area (Å²) in [6.07, 6.45) is 8.22. The maximum absolute atomic E-state index is 11.6. The third kappa shape index (κ3) is 4.62. The smallest absolute Gasteiger partial charge is 0.337 e. The van der Waals surface area contributed by atoms with Crippen LogP contribution in [-0.2, 0) is 9.53 Å². The van der Waals surface area contributed by atoms with Crippen molar-refractivity contribution in [3.05, 3.63) is 47.1 Å². The number of halogens is 1. The van der Waals surface area contributed by atoms with E-state index in [0.29, 0.717) is 11.8 Å². The number of hydrogen-bond donors (Lipinski definition) is 1. The Bertz CT molecular complexity index is 994. The fourth-order valence-corrected chi connectivity index (χ4v) is 4.09. The zero-order chi connectivity index (χ0) is 20.2. The molecule has 152 valence electrons. The molecule has 7 heteroatoms. The average Bonchev–Trinajstić information content (AvgIpc) is 3.07. The number of ether oxygens (including phenoxy) is 2. The van der Waals surface area contributed by atoms with E-state index < -0.39 is 5.97 Å². The first kappa shape index (κ1) is 19.9. The van der Waals surface area contributed by atoms with E-state index in [0.717, 1.165) is 27.2 Å². The minimum absolute atomic E-state index is 0.0709. The van der Waals surface area contributed by atoms with Crippen LogP contribution in [0.5, 0.6) is 5.75 Å². The van der Waals surface area contributed by atoms with Gasteiger partial charge in [0, 0.05) is 29.4 Å². The fraction of sp³-hybridized carbons (Fsp3) is 0.364. The molecule has 0 amide bonds. The van der Waals surface area contributed by atoms with Gasteiger partial charge in [0.2, 0.25) is 0 Å². The number of imidazole rings is 1. The largest absolute Gasteiger partial charge is 0.425 e. The Morgan fingerprint density at radius 1 is 1.17 bits per heavy atom. The van der Waals surface area contributed by atoms with Gasteiger partial charge in [-0.2, -0.15) is 0 Å². The number of carbonyl (C=O) groups is 1. The molecule has 0 bridgehead atoms. The molecule has 3 aromatic rings. The number of methoxy groups -OCH3 is 1. The molecule has 1 aromatic carbocycles. The molecule has 1 fully saturated rings. The number of pyridine rings is 1. The summed E-state index contributed by atoms with van der Waals surface area (Å²) in [6, 6.07) is 11.9. The molecule has 1 aliphatic carbocycles. The molecule has 6 nitrogen and oxygen atoms in total. The average molecular weight is 458 g/mol. The summed E-state index contributed by atoms with van der Waals surface area (Å²) < 4.78 is 13.2. The van der Waals surface area contributed by atoms with Crippen molar-refractivity contribution in [2.75, 3.05) is 19.0 Å². The topological polar surface area (TPSA) is 64.9 Å². The summed E-state index contributed by atoms with van der Waals surface area (Å²) in [4.78, 5) is 16.5. The molecule has 29 heavy (non-hydrogen) atoms. The van der Waals surface area contributed by atoms with Crippen LogP contribution in [0.25, 0.3) is 16.9 Å². The van der Waals surface area contributed by atoms with Gasteiger partial charge in [-0.05, 0) is 65.2 Å². The normalized spacial score (nSPS) is 14.8. The van der Waals surface area contributed by atoms with Crippen LogP contribution in [0.3, 0.4) is 0 Å². The predicted octanol–water partition coefficient (Wildman–Crippen LogP) is 5.06. The van der Waals surface area contributed by atoms with Gasteiger partial charge in [-0.3, -0.25) is 4.40 Å². The SMILES string of the molecule is COCC(=O)Oc1ccc(-c2nc3ccc(Br)cn3c2NC2CCCCC2)cc1. The molecule has 1 N–H and O–H groups in total. The number of hydrogen-bond acceptors (Lipinski definition) is 5. The van der Waals surface area contributed by atoms with E-state index in [-0.39, 0.29) is 6.61 Å². The van der Waals surface area contributed by atoms with Crippen LogP contribution in [0.15, 0.2) is 47.1 Å². The van der Waals surface area contributed by atoms with Crippen molar-refractivity contribution in [3.63, 3.8) is 0 Å². The molecule has 1 saturated carbocycles. The third-order valence-electron chi connectivity index (χ3n) is 5.15. The fourth-order valence-electron chi connectivity index (χ4n) is 3.76. The van der Waals surface area contributed by atoms with Crippen LogP contribution in [0, 0.1) is 0 Å². The van der Waals surface area contributed by atoms with Gasteiger partial charge in [-0.1, -0.05) is 19.3 Å². The second-order valence-electron chi connectivity index (χ2n) is 7.30.